The fraction of sp³-hybridized carbons (Fsp3) is 0.476. The van der Waals surface area contributed by atoms with Crippen LogP contribution in [-0.4, -0.2) is 33.1 Å². The highest BCUT2D eigenvalue weighted by Crippen LogP contribution is 2.30. The molecule has 0 aliphatic heterocycles. The van der Waals surface area contributed by atoms with Gasteiger partial charge in [-0.25, -0.2) is 4.98 Å². The van der Waals surface area contributed by atoms with Crippen LogP contribution in [0, 0.1) is 6.92 Å². The number of benzene rings is 1. The SMILES string of the molecule is CCCCN(CC)c1cc(C)nc2c1nnn2-c1ccc(C(C)C)cc1Br. The summed E-state index contributed by atoms with van der Waals surface area (Å²) in [5.74, 6) is 0.478. The molecular formula is C21H28BrN5. The monoisotopic (exact) mass is 429 g/mol. The molecule has 0 saturated heterocycles. The molecule has 2 aromatic heterocycles. The maximum absolute atomic E-state index is 4.76. The van der Waals surface area contributed by atoms with Gasteiger partial charge in [0.15, 0.2) is 11.2 Å². The van der Waals surface area contributed by atoms with E-state index in [2.05, 4.69) is 83.1 Å². The third kappa shape index (κ3) is 4.00. The quantitative estimate of drug-likeness (QED) is 0.487. The van der Waals surface area contributed by atoms with Gasteiger partial charge in [0.25, 0.3) is 0 Å². The summed E-state index contributed by atoms with van der Waals surface area (Å²) in [6, 6.07) is 8.52. The summed E-state index contributed by atoms with van der Waals surface area (Å²) in [5.41, 5.74) is 6.01. The van der Waals surface area contributed by atoms with E-state index in [1.807, 2.05) is 11.6 Å². The van der Waals surface area contributed by atoms with Crippen LogP contribution >= 0.6 is 15.9 Å². The van der Waals surface area contributed by atoms with Crippen LogP contribution in [0.15, 0.2) is 28.7 Å². The zero-order valence-electron chi connectivity index (χ0n) is 16.8. The van der Waals surface area contributed by atoms with Crippen LogP contribution in [0.25, 0.3) is 16.9 Å². The Balaban J connectivity index is 2.12. The topological polar surface area (TPSA) is 46.8 Å². The maximum atomic E-state index is 4.76. The molecule has 0 spiro atoms. The Hall–Kier alpha value is -1.95. The predicted molar refractivity (Wildman–Crippen MR) is 116 cm³/mol. The zero-order valence-corrected chi connectivity index (χ0v) is 18.4. The van der Waals surface area contributed by atoms with E-state index in [4.69, 9.17) is 4.98 Å². The van der Waals surface area contributed by atoms with Crippen molar-refractivity contribution in [1.29, 1.82) is 0 Å². The van der Waals surface area contributed by atoms with E-state index in [1.54, 1.807) is 0 Å². The number of anilines is 1. The van der Waals surface area contributed by atoms with Gasteiger partial charge in [0.05, 0.1) is 11.4 Å². The van der Waals surface area contributed by atoms with Crippen molar-refractivity contribution >= 4 is 32.8 Å². The molecule has 27 heavy (non-hydrogen) atoms. The van der Waals surface area contributed by atoms with Crippen LogP contribution in [0.3, 0.4) is 0 Å². The van der Waals surface area contributed by atoms with Crippen molar-refractivity contribution in [3.63, 3.8) is 0 Å². The van der Waals surface area contributed by atoms with Gasteiger partial charge in [-0.15, -0.1) is 5.10 Å². The van der Waals surface area contributed by atoms with E-state index < -0.39 is 0 Å². The molecule has 5 nitrogen and oxygen atoms in total. The number of pyridine rings is 1. The largest absolute Gasteiger partial charge is 0.370 e. The Morgan fingerprint density at radius 3 is 2.59 bits per heavy atom. The lowest BCUT2D eigenvalue weighted by Crippen LogP contribution is -2.24. The van der Waals surface area contributed by atoms with Crippen molar-refractivity contribution < 1.29 is 0 Å². The normalized spacial score (nSPS) is 11.5. The second kappa shape index (κ2) is 8.38. The molecule has 0 fully saturated rings. The lowest BCUT2D eigenvalue weighted by molar-refractivity contribution is 0.733. The second-order valence-electron chi connectivity index (χ2n) is 7.25. The number of aryl methyl sites for hydroxylation is 1. The second-order valence-corrected chi connectivity index (χ2v) is 8.11. The highest BCUT2D eigenvalue weighted by Gasteiger charge is 2.18. The van der Waals surface area contributed by atoms with Crippen molar-refractivity contribution in [1.82, 2.24) is 20.0 Å². The van der Waals surface area contributed by atoms with E-state index >= 15 is 0 Å². The molecule has 0 N–H and O–H groups in total. The molecule has 0 aliphatic carbocycles. The average Bonchev–Trinajstić information content (AvgIpc) is 3.05. The van der Waals surface area contributed by atoms with Crippen molar-refractivity contribution in [2.24, 2.45) is 0 Å². The molecule has 0 unspecified atom stereocenters. The Bertz CT molecular complexity index is 932. The molecule has 6 heteroatoms. The minimum atomic E-state index is 0.478. The first kappa shape index (κ1) is 19.8. The highest BCUT2D eigenvalue weighted by atomic mass is 79.9. The minimum Gasteiger partial charge on any atom is -0.370 e. The highest BCUT2D eigenvalue weighted by molar-refractivity contribution is 9.10. The Labute approximate surface area is 169 Å². The molecule has 0 atom stereocenters. The third-order valence-corrected chi connectivity index (χ3v) is 5.52. The molecule has 3 rings (SSSR count). The molecular weight excluding hydrogens is 402 g/mol. The number of hydrogen-bond donors (Lipinski definition) is 0. The van der Waals surface area contributed by atoms with Crippen molar-refractivity contribution in [3.8, 4) is 5.69 Å². The number of rotatable bonds is 7. The first-order valence-corrected chi connectivity index (χ1v) is 10.5. The van der Waals surface area contributed by atoms with Crippen LogP contribution in [0.4, 0.5) is 5.69 Å². The maximum Gasteiger partial charge on any atom is 0.186 e. The van der Waals surface area contributed by atoms with E-state index in [0.29, 0.717) is 5.92 Å². The molecule has 0 aliphatic rings. The van der Waals surface area contributed by atoms with Crippen LogP contribution in [-0.2, 0) is 0 Å². The molecule has 0 radical (unpaired) electrons. The molecule has 0 amide bonds. The first-order chi connectivity index (χ1) is 13.0. The number of fused-ring (bicyclic) bond motifs is 1. The fourth-order valence-electron chi connectivity index (χ4n) is 3.26. The molecule has 144 valence electrons. The average molecular weight is 430 g/mol. The minimum absolute atomic E-state index is 0.478. The Morgan fingerprint density at radius 1 is 1.19 bits per heavy atom. The molecule has 3 aromatic rings. The van der Waals surface area contributed by atoms with E-state index in [9.17, 15) is 0 Å². The summed E-state index contributed by atoms with van der Waals surface area (Å²) >= 11 is 3.71. The van der Waals surface area contributed by atoms with Gasteiger partial charge in [0, 0.05) is 23.3 Å². The standard InChI is InChI=1S/C21H28BrN5/c1-6-8-11-26(7-2)19-12-15(5)23-21-20(19)24-25-27(21)18-10-9-16(14(3)4)13-17(18)22/h9-10,12-14H,6-8,11H2,1-5H3. The van der Waals surface area contributed by atoms with Crippen molar-refractivity contribution in [2.45, 2.75) is 53.4 Å². The summed E-state index contributed by atoms with van der Waals surface area (Å²) < 4.78 is 2.84. The van der Waals surface area contributed by atoms with Gasteiger partial charge in [-0.05, 0) is 65.9 Å². The van der Waals surface area contributed by atoms with Crippen molar-refractivity contribution in [3.05, 3.63) is 40.0 Å². The summed E-state index contributed by atoms with van der Waals surface area (Å²) in [7, 11) is 0. The van der Waals surface area contributed by atoms with E-state index in [-0.39, 0.29) is 0 Å². The van der Waals surface area contributed by atoms with Gasteiger partial charge in [0.1, 0.15) is 0 Å². The van der Waals surface area contributed by atoms with Crippen molar-refractivity contribution in [2.75, 3.05) is 18.0 Å². The van der Waals surface area contributed by atoms with E-state index in [0.717, 1.165) is 52.2 Å². The van der Waals surface area contributed by atoms with Crippen LogP contribution in [0.1, 0.15) is 57.7 Å². The molecule has 2 heterocycles. The summed E-state index contributed by atoms with van der Waals surface area (Å²) in [5, 5.41) is 8.95. The first-order valence-electron chi connectivity index (χ1n) is 9.74. The number of aromatic nitrogens is 4. The lowest BCUT2D eigenvalue weighted by Gasteiger charge is -2.23. The van der Waals surface area contributed by atoms with Crippen LogP contribution < -0.4 is 4.90 Å². The summed E-state index contributed by atoms with van der Waals surface area (Å²) in [4.78, 5) is 7.13. The summed E-state index contributed by atoms with van der Waals surface area (Å²) in [6.45, 7) is 12.8. The van der Waals surface area contributed by atoms with Gasteiger partial charge >= 0.3 is 0 Å². The number of nitrogens with zero attached hydrogens (tertiary/aromatic N) is 5. The van der Waals surface area contributed by atoms with Gasteiger partial charge < -0.3 is 4.90 Å². The number of unbranched alkanes of at least 4 members (excludes halogenated alkanes) is 1. The van der Waals surface area contributed by atoms with Crippen LogP contribution in [0.5, 0.6) is 0 Å². The van der Waals surface area contributed by atoms with Gasteiger partial charge in [-0.3, -0.25) is 0 Å². The summed E-state index contributed by atoms with van der Waals surface area (Å²) in [6.07, 6.45) is 2.33. The Kier molecular flexibility index (Phi) is 6.15. The number of hydrogen-bond acceptors (Lipinski definition) is 4. The van der Waals surface area contributed by atoms with E-state index in [1.165, 1.54) is 12.0 Å². The number of halogens is 1. The third-order valence-electron chi connectivity index (χ3n) is 4.89. The fourth-order valence-corrected chi connectivity index (χ4v) is 3.83. The van der Waals surface area contributed by atoms with Gasteiger partial charge in [-0.1, -0.05) is 38.5 Å². The molecule has 1 aromatic carbocycles. The van der Waals surface area contributed by atoms with Gasteiger partial charge in [0.2, 0.25) is 0 Å². The van der Waals surface area contributed by atoms with Crippen LogP contribution in [0.2, 0.25) is 0 Å². The van der Waals surface area contributed by atoms with Gasteiger partial charge in [-0.2, -0.15) is 4.68 Å². The predicted octanol–water partition coefficient (Wildman–Crippen LogP) is 5.64. The molecule has 0 bridgehead atoms. The lowest BCUT2D eigenvalue weighted by atomic mass is 10.0. The smallest absolute Gasteiger partial charge is 0.186 e. The Morgan fingerprint density at radius 2 is 1.96 bits per heavy atom. The zero-order chi connectivity index (χ0) is 19.6. The molecule has 0 saturated carbocycles.